The molecule has 4 nitrogen and oxygen atoms in total. The zero-order valence-corrected chi connectivity index (χ0v) is 13.6. The van der Waals surface area contributed by atoms with Crippen LogP contribution in [0.1, 0.15) is 47.0 Å². The first kappa shape index (κ1) is 18.7. The maximum absolute atomic E-state index is 12.1. The van der Waals surface area contributed by atoms with Crippen molar-refractivity contribution in [3.05, 3.63) is 0 Å². The summed E-state index contributed by atoms with van der Waals surface area (Å²) in [5.41, 5.74) is 5.74. The molecule has 1 amide bonds. The molecule has 19 heavy (non-hydrogen) atoms. The van der Waals surface area contributed by atoms with Gasteiger partial charge in [0.05, 0.1) is 6.10 Å². The Morgan fingerprint density at radius 2 is 2.11 bits per heavy atom. The highest BCUT2D eigenvalue weighted by atomic mass is 35.5. The lowest BCUT2D eigenvalue weighted by Crippen LogP contribution is -2.62. The molecule has 1 aliphatic rings. The summed E-state index contributed by atoms with van der Waals surface area (Å²) >= 11 is 0. The SMILES string of the molecule is CCOC1CC(N(C)C(=O)CCC(C)N)C1(C)C.Cl. The van der Waals surface area contributed by atoms with Gasteiger partial charge in [-0.25, -0.2) is 0 Å². The van der Waals surface area contributed by atoms with Gasteiger partial charge < -0.3 is 15.4 Å². The van der Waals surface area contributed by atoms with Crippen molar-refractivity contribution in [1.29, 1.82) is 0 Å². The number of carbonyl (C=O) groups is 1. The predicted molar refractivity (Wildman–Crippen MR) is 80.5 cm³/mol. The fraction of sp³-hybridized carbons (Fsp3) is 0.929. The number of hydrogen-bond acceptors (Lipinski definition) is 3. The van der Waals surface area contributed by atoms with Crippen LogP contribution in [0.5, 0.6) is 0 Å². The fourth-order valence-electron chi connectivity index (χ4n) is 2.71. The Balaban J connectivity index is 0.00000324. The summed E-state index contributed by atoms with van der Waals surface area (Å²) < 4.78 is 5.69. The molecule has 1 fully saturated rings. The Kier molecular flexibility index (Phi) is 7.33. The fourth-order valence-corrected chi connectivity index (χ4v) is 2.71. The Morgan fingerprint density at radius 3 is 2.53 bits per heavy atom. The van der Waals surface area contributed by atoms with Crippen molar-refractivity contribution in [3.63, 3.8) is 0 Å². The maximum Gasteiger partial charge on any atom is 0.222 e. The molecule has 3 atom stereocenters. The molecule has 3 unspecified atom stereocenters. The molecular weight excluding hydrogens is 264 g/mol. The Bertz CT molecular complexity index is 295. The Morgan fingerprint density at radius 1 is 1.53 bits per heavy atom. The zero-order valence-electron chi connectivity index (χ0n) is 12.8. The summed E-state index contributed by atoms with van der Waals surface area (Å²) in [5.74, 6) is 0.195. The van der Waals surface area contributed by atoms with Gasteiger partial charge in [0.2, 0.25) is 5.91 Å². The third-order valence-corrected chi connectivity index (χ3v) is 4.17. The van der Waals surface area contributed by atoms with Gasteiger partial charge in [0.15, 0.2) is 0 Å². The Hall–Kier alpha value is -0.320. The van der Waals surface area contributed by atoms with Crippen molar-refractivity contribution in [2.45, 2.75) is 65.1 Å². The second-order valence-electron chi connectivity index (χ2n) is 6.04. The monoisotopic (exact) mass is 292 g/mol. The number of nitrogens with zero attached hydrogens (tertiary/aromatic N) is 1. The van der Waals surface area contributed by atoms with Gasteiger partial charge >= 0.3 is 0 Å². The minimum atomic E-state index is 0. The predicted octanol–water partition coefficient (Wildman–Crippen LogP) is 2.20. The van der Waals surface area contributed by atoms with E-state index in [-0.39, 0.29) is 41.9 Å². The third kappa shape index (κ3) is 4.33. The lowest BCUT2D eigenvalue weighted by molar-refractivity contribution is -0.163. The van der Waals surface area contributed by atoms with Gasteiger partial charge in [0, 0.05) is 37.6 Å². The van der Waals surface area contributed by atoms with Crippen LogP contribution in [-0.4, -0.2) is 42.6 Å². The van der Waals surface area contributed by atoms with Gasteiger partial charge in [-0.3, -0.25) is 4.79 Å². The molecule has 5 heteroatoms. The van der Waals surface area contributed by atoms with E-state index >= 15 is 0 Å². The number of nitrogens with two attached hydrogens (primary N) is 1. The van der Waals surface area contributed by atoms with E-state index in [1.165, 1.54) is 0 Å². The van der Waals surface area contributed by atoms with E-state index in [2.05, 4.69) is 13.8 Å². The highest BCUT2D eigenvalue weighted by Crippen LogP contribution is 2.45. The molecule has 0 radical (unpaired) electrons. The van der Waals surface area contributed by atoms with E-state index < -0.39 is 0 Å². The molecule has 2 N–H and O–H groups in total. The number of rotatable bonds is 6. The number of halogens is 1. The molecule has 0 saturated heterocycles. The highest BCUT2D eigenvalue weighted by Gasteiger charge is 2.51. The lowest BCUT2D eigenvalue weighted by Gasteiger charge is -2.54. The topological polar surface area (TPSA) is 55.6 Å². The molecule has 0 spiro atoms. The van der Waals surface area contributed by atoms with Gasteiger partial charge in [-0.2, -0.15) is 0 Å². The van der Waals surface area contributed by atoms with E-state index in [1.54, 1.807) is 0 Å². The quantitative estimate of drug-likeness (QED) is 0.816. The van der Waals surface area contributed by atoms with Crippen molar-refractivity contribution >= 4 is 18.3 Å². The first-order valence-corrected chi connectivity index (χ1v) is 6.93. The van der Waals surface area contributed by atoms with Crippen LogP contribution in [0.4, 0.5) is 0 Å². The van der Waals surface area contributed by atoms with Crippen LogP contribution in [0, 0.1) is 5.41 Å². The van der Waals surface area contributed by atoms with Crippen molar-refractivity contribution in [3.8, 4) is 0 Å². The van der Waals surface area contributed by atoms with E-state index in [0.717, 1.165) is 19.4 Å². The van der Waals surface area contributed by atoms with Gasteiger partial charge in [0.1, 0.15) is 0 Å². The summed E-state index contributed by atoms with van der Waals surface area (Å²) in [6, 6.07) is 0.377. The van der Waals surface area contributed by atoms with E-state index in [9.17, 15) is 4.79 Å². The van der Waals surface area contributed by atoms with Gasteiger partial charge in [0.25, 0.3) is 0 Å². The molecule has 0 heterocycles. The largest absolute Gasteiger partial charge is 0.378 e. The average Bonchev–Trinajstić information content (AvgIpc) is 2.30. The number of amides is 1. The molecule has 0 aromatic heterocycles. The van der Waals surface area contributed by atoms with Crippen molar-refractivity contribution < 1.29 is 9.53 Å². The van der Waals surface area contributed by atoms with Crippen molar-refractivity contribution in [2.75, 3.05) is 13.7 Å². The highest BCUT2D eigenvalue weighted by molar-refractivity contribution is 5.85. The molecule has 0 bridgehead atoms. The number of carbonyl (C=O) groups excluding carboxylic acids is 1. The van der Waals surface area contributed by atoms with Crippen LogP contribution in [0.15, 0.2) is 0 Å². The van der Waals surface area contributed by atoms with Gasteiger partial charge in [-0.1, -0.05) is 13.8 Å². The van der Waals surface area contributed by atoms with E-state index in [1.807, 2.05) is 25.8 Å². The second-order valence-corrected chi connectivity index (χ2v) is 6.04. The molecule has 0 aliphatic heterocycles. The van der Waals surface area contributed by atoms with Crippen LogP contribution in [0.25, 0.3) is 0 Å². The zero-order chi connectivity index (χ0) is 13.9. The first-order chi connectivity index (χ1) is 8.30. The summed E-state index contributed by atoms with van der Waals surface area (Å²) in [7, 11) is 1.90. The molecule has 0 aromatic rings. The molecule has 1 aliphatic carbocycles. The molecule has 114 valence electrons. The summed E-state index contributed by atoms with van der Waals surface area (Å²) in [4.78, 5) is 14.0. The van der Waals surface area contributed by atoms with Crippen molar-refractivity contribution in [1.82, 2.24) is 4.90 Å². The van der Waals surface area contributed by atoms with E-state index in [4.69, 9.17) is 10.5 Å². The molecule has 0 aromatic carbocycles. The standard InChI is InChI=1S/C14H28N2O2.ClH/c1-6-18-12-9-11(14(12,3)4)16(5)13(17)8-7-10(2)15;/h10-12H,6-9,15H2,1-5H3;1H. The first-order valence-electron chi connectivity index (χ1n) is 6.93. The number of hydrogen-bond donors (Lipinski definition) is 1. The van der Waals surface area contributed by atoms with Crippen LogP contribution >= 0.6 is 12.4 Å². The summed E-state index contributed by atoms with van der Waals surface area (Å²) in [6.45, 7) is 9.05. The van der Waals surface area contributed by atoms with Crippen LogP contribution in [0.3, 0.4) is 0 Å². The Labute approximate surface area is 123 Å². The molecule has 1 rings (SSSR count). The lowest BCUT2D eigenvalue weighted by atomic mass is 9.63. The van der Waals surface area contributed by atoms with Crippen molar-refractivity contribution in [2.24, 2.45) is 11.1 Å². The second kappa shape index (κ2) is 7.46. The van der Waals surface area contributed by atoms with Crippen LogP contribution in [-0.2, 0) is 9.53 Å². The minimum absolute atomic E-state index is 0. The van der Waals surface area contributed by atoms with Gasteiger partial charge in [-0.15, -0.1) is 12.4 Å². The summed E-state index contributed by atoms with van der Waals surface area (Å²) in [6.07, 6.45) is 2.52. The maximum atomic E-state index is 12.1. The smallest absolute Gasteiger partial charge is 0.222 e. The van der Waals surface area contributed by atoms with Gasteiger partial charge in [-0.05, 0) is 26.7 Å². The minimum Gasteiger partial charge on any atom is -0.378 e. The molecule has 1 saturated carbocycles. The number of ether oxygens (including phenoxy) is 1. The molecular formula is C14H29ClN2O2. The third-order valence-electron chi connectivity index (χ3n) is 4.17. The average molecular weight is 293 g/mol. The van der Waals surface area contributed by atoms with Crippen LogP contribution in [0.2, 0.25) is 0 Å². The normalized spacial score (nSPS) is 26.0. The summed E-state index contributed by atoms with van der Waals surface area (Å²) in [5, 5.41) is 0. The van der Waals surface area contributed by atoms with E-state index in [0.29, 0.717) is 6.42 Å². The van der Waals surface area contributed by atoms with Crippen LogP contribution < -0.4 is 5.73 Å².